The van der Waals surface area contributed by atoms with Gasteiger partial charge in [-0.25, -0.2) is 0 Å². The molecule has 1 amide bonds. The number of carbonyl (C=O) groups excluding carboxylic acids is 1. The van der Waals surface area contributed by atoms with Crippen LogP contribution in [0.1, 0.15) is 12.8 Å². The summed E-state index contributed by atoms with van der Waals surface area (Å²) in [6.07, 6.45) is 2.00. The van der Waals surface area contributed by atoms with E-state index in [1.165, 1.54) is 11.0 Å². The van der Waals surface area contributed by atoms with Gasteiger partial charge in [-0.15, -0.1) is 0 Å². The van der Waals surface area contributed by atoms with Crippen molar-refractivity contribution in [3.63, 3.8) is 0 Å². The van der Waals surface area contributed by atoms with Gasteiger partial charge in [-0.3, -0.25) is 20.8 Å². The van der Waals surface area contributed by atoms with E-state index < -0.39 is 4.92 Å². The van der Waals surface area contributed by atoms with Gasteiger partial charge in [0.15, 0.2) is 0 Å². The van der Waals surface area contributed by atoms with Gasteiger partial charge in [0.05, 0.1) is 11.5 Å². The molecule has 4 N–H and O–H groups in total. The van der Waals surface area contributed by atoms with Crippen LogP contribution in [0, 0.1) is 10.1 Å². The minimum absolute atomic E-state index is 0.0609. The molecule has 1 aliphatic carbocycles. The van der Waals surface area contributed by atoms with E-state index in [1.807, 2.05) is 0 Å². The van der Waals surface area contributed by atoms with E-state index in [2.05, 4.69) is 10.7 Å². The number of nitrogens with zero attached hydrogens (tertiary/aromatic N) is 2. The molecule has 0 spiro atoms. The average Bonchev–Trinajstić information content (AvgIpc) is 3.21. The Hall–Kier alpha value is -2.35. The summed E-state index contributed by atoms with van der Waals surface area (Å²) in [5.41, 5.74) is 2.71. The van der Waals surface area contributed by atoms with E-state index in [4.69, 9.17) is 5.84 Å². The van der Waals surface area contributed by atoms with Gasteiger partial charge in [-0.2, -0.15) is 0 Å². The summed E-state index contributed by atoms with van der Waals surface area (Å²) in [6, 6.07) is 5.01. The zero-order valence-electron chi connectivity index (χ0n) is 11.1. The summed E-state index contributed by atoms with van der Waals surface area (Å²) in [5, 5.41) is 14.0. The lowest BCUT2D eigenvalue weighted by atomic mass is 10.2. The van der Waals surface area contributed by atoms with Gasteiger partial charge in [0.1, 0.15) is 11.4 Å². The number of hydrogen-bond donors (Lipinski definition) is 3. The molecule has 1 aromatic rings. The zero-order chi connectivity index (χ0) is 14.7. The van der Waals surface area contributed by atoms with Crippen LogP contribution in [0.4, 0.5) is 17.1 Å². The molecule has 1 aromatic carbocycles. The van der Waals surface area contributed by atoms with Gasteiger partial charge in [0.25, 0.3) is 0 Å². The molecule has 1 saturated carbocycles. The number of amides is 1. The lowest BCUT2D eigenvalue weighted by molar-refractivity contribution is -0.383. The average molecular weight is 279 g/mol. The molecule has 0 aromatic heterocycles. The van der Waals surface area contributed by atoms with Crippen molar-refractivity contribution in [1.29, 1.82) is 0 Å². The smallest absolute Gasteiger partial charge is 0.316 e. The maximum absolute atomic E-state index is 11.7. The largest absolute Gasteiger partial charge is 0.360 e. The Morgan fingerprint density at radius 1 is 1.55 bits per heavy atom. The van der Waals surface area contributed by atoms with Gasteiger partial charge in [0, 0.05) is 13.1 Å². The second-order valence-electron chi connectivity index (χ2n) is 4.77. The van der Waals surface area contributed by atoms with Crippen LogP contribution in [0.25, 0.3) is 0 Å². The number of rotatable bonds is 6. The Morgan fingerprint density at radius 3 is 2.80 bits per heavy atom. The lowest BCUT2D eigenvalue weighted by Crippen LogP contribution is -2.36. The molecule has 0 atom stereocenters. The summed E-state index contributed by atoms with van der Waals surface area (Å²) in [6.45, 7) is 0.0609. The molecule has 0 heterocycles. The van der Waals surface area contributed by atoms with Crippen molar-refractivity contribution in [3.05, 3.63) is 28.3 Å². The van der Waals surface area contributed by atoms with Crippen molar-refractivity contribution >= 4 is 23.0 Å². The summed E-state index contributed by atoms with van der Waals surface area (Å²) < 4.78 is 0. The highest BCUT2D eigenvalue weighted by Gasteiger charge is 2.26. The van der Waals surface area contributed by atoms with E-state index in [0.717, 1.165) is 12.8 Å². The van der Waals surface area contributed by atoms with Gasteiger partial charge in [-0.1, -0.05) is 6.07 Å². The fraction of sp³-hybridized carbons (Fsp3) is 0.417. The molecule has 0 saturated heterocycles. The third kappa shape index (κ3) is 3.15. The highest BCUT2D eigenvalue weighted by molar-refractivity contribution is 5.84. The van der Waals surface area contributed by atoms with Crippen LogP contribution in [0.15, 0.2) is 18.2 Å². The molecule has 108 valence electrons. The van der Waals surface area contributed by atoms with Crippen molar-refractivity contribution in [2.45, 2.75) is 18.9 Å². The molecule has 0 unspecified atom stereocenters. The van der Waals surface area contributed by atoms with Crippen LogP contribution in [-0.2, 0) is 4.79 Å². The number of hydrogen-bond acceptors (Lipinski definition) is 6. The lowest BCUT2D eigenvalue weighted by Gasteiger charge is -2.19. The third-order valence-electron chi connectivity index (χ3n) is 3.09. The van der Waals surface area contributed by atoms with Crippen molar-refractivity contribution in [3.8, 4) is 0 Å². The summed E-state index contributed by atoms with van der Waals surface area (Å²) in [4.78, 5) is 23.9. The summed E-state index contributed by atoms with van der Waals surface area (Å²) in [7, 11) is 1.63. The highest BCUT2D eigenvalue weighted by atomic mass is 16.6. The highest BCUT2D eigenvalue weighted by Crippen LogP contribution is 2.34. The van der Waals surface area contributed by atoms with Crippen molar-refractivity contribution < 1.29 is 9.72 Å². The van der Waals surface area contributed by atoms with Crippen LogP contribution in [0.5, 0.6) is 0 Å². The number of nitrogen functional groups attached to an aromatic ring is 1. The van der Waals surface area contributed by atoms with E-state index in [1.54, 1.807) is 19.2 Å². The Labute approximate surface area is 116 Å². The normalized spacial score (nSPS) is 13.7. The number of nitrogens with two attached hydrogens (primary N) is 1. The number of nitro benzene ring substituents is 1. The van der Waals surface area contributed by atoms with Gasteiger partial charge >= 0.3 is 5.69 Å². The second kappa shape index (κ2) is 5.74. The number of hydrazine groups is 1. The van der Waals surface area contributed by atoms with Crippen LogP contribution in [0.3, 0.4) is 0 Å². The van der Waals surface area contributed by atoms with E-state index >= 15 is 0 Å². The maximum atomic E-state index is 11.7. The monoisotopic (exact) mass is 279 g/mol. The van der Waals surface area contributed by atoms with Crippen molar-refractivity contribution in [2.24, 2.45) is 5.84 Å². The molecule has 0 bridgehead atoms. The van der Waals surface area contributed by atoms with Crippen LogP contribution < -0.4 is 21.5 Å². The van der Waals surface area contributed by atoms with Crippen LogP contribution in [0.2, 0.25) is 0 Å². The van der Waals surface area contributed by atoms with Crippen molar-refractivity contribution in [1.82, 2.24) is 5.32 Å². The van der Waals surface area contributed by atoms with Crippen LogP contribution >= 0.6 is 0 Å². The number of nitrogens with one attached hydrogen (secondary N) is 2. The zero-order valence-corrected chi connectivity index (χ0v) is 11.1. The fourth-order valence-corrected chi connectivity index (χ4v) is 1.95. The molecule has 8 nitrogen and oxygen atoms in total. The number of benzene rings is 1. The Balaban J connectivity index is 2.17. The first-order valence-corrected chi connectivity index (χ1v) is 6.27. The number of likely N-dealkylation sites (N-methyl/N-ethyl adjacent to an activating group) is 1. The molecule has 8 heteroatoms. The van der Waals surface area contributed by atoms with E-state index in [9.17, 15) is 14.9 Å². The minimum Gasteiger partial charge on any atom is -0.360 e. The first-order valence-electron chi connectivity index (χ1n) is 6.27. The molecular weight excluding hydrogens is 262 g/mol. The van der Waals surface area contributed by atoms with Gasteiger partial charge in [-0.05, 0) is 25.0 Å². The predicted octanol–water partition coefficient (Wildman–Crippen LogP) is 0.595. The van der Waals surface area contributed by atoms with Gasteiger partial charge < -0.3 is 15.6 Å². The first-order chi connectivity index (χ1) is 9.52. The summed E-state index contributed by atoms with van der Waals surface area (Å²) in [5.74, 6) is 5.14. The maximum Gasteiger partial charge on any atom is 0.316 e. The van der Waals surface area contributed by atoms with Crippen molar-refractivity contribution in [2.75, 3.05) is 23.9 Å². The Kier molecular flexibility index (Phi) is 4.04. The minimum atomic E-state index is -0.514. The molecular formula is C12H17N5O3. The van der Waals surface area contributed by atoms with Crippen LogP contribution in [-0.4, -0.2) is 30.5 Å². The molecule has 0 aliphatic heterocycles. The molecule has 1 fully saturated rings. The molecule has 1 aliphatic rings. The second-order valence-corrected chi connectivity index (χ2v) is 4.77. The van der Waals surface area contributed by atoms with E-state index in [-0.39, 0.29) is 29.9 Å². The molecule has 0 radical (unpaired) electrons. The summed E-state index contributed by atoms with van der Waals surface area (Å²) >= 11 is 0. The Bertz CT molecular complexity index is 530. The quantitative estimate of drug-likeness (QED) is 0.399. The standard InChI is InChI=1S/C12H17N5O3/c1-16(7-11(18)14-8-5-6-8)10-4-2-3-9(15-13)12(10)17(19)20/h2-4,8,15H,5-7,13H2,1H3,(H,14,18). The molecule has 2 rings (SSSR count). The number of carbonyl (C=O) groups is 1. The first kappa shape index (κ1) is 14.1. The van der Waals surface area contributed by atoms with E-state index in [0.29, 0.717) is 5.69 Å². The number of nitro groups is 1. The SMILES string of the molecule is CN(CC(=O)NC1CC1)c1cccc(NN)c1[N+](=O)[O-]. The third-order valence-corrected chi connectivity index (χ3v) is 3.09. The topological polar surface area (TPSA) is 114 Å². The Morgan fingerprint density at radius 2 is 2.25 bits per heavy atom. The number of para-hydroxylation sites is 1. The molecule has 20 heavy (non-hydrogen) atoms. The predicted molar refractivity (Wildman–Crippen MR) is 75.3 cm³/mol. The van der Waals surface area contributed by atoms with Gasteiger partial charge in [0.2, 0.25) is 5.91 Å². The number of anilines is 2. The fourth-order valence-electron chi connectivity index (χ4n) is 1.95.